The van der Waals surface area contributed by atoms with Gasteiger partial charge in [0.2, 0.25) is 11.7 Å². The predicted molar refractivity (Wildman–Crippen MR) is 156 cm³/mol. The van der Waals surface area contributed by atoms with Crippen molar-refractivity contribution < 1.29 is 24.3 Å². The van der Waals surface area contributed by atoms with Crippen molar-refractivity contribution in [2.45, 2.75) is 45.9 Å². The van der Waals surface area contributed by atoms with Crippen molar-refractivity contribution >= 4 is 40.1 Å². The van der Waals surface area contributed by atoms with E-state index in [0.717, 1.165) is 16.7 Å². The zero-order valence-electron chi connectivity index (χ0n) is 22.0. The molecule has 4 rings (SSSR count). The zero-order valence-corrected chi connectivity index (χ0v) is 24.9. The number of halogens is 2. The predicted octanol–water partition coefficient (Wildman–Crippen LogP) is 4.03. The lowest BCUT2D eigenvalue weighted by Crippen LogP contribution is -2.45. The molecule has 1 aliphatic heterocycles. The number of carbonyl (C=O) groups excluding carboxylic acids is 1. The Morgan fingerprint density at radius 1 is 1.24 bits per heavy atom. The molecule has 2 aromatic carbocycles. The monoisotopic (exact) mass is 656 g/mol. The van der Waals surface area contributed by atoms with E-state index in [9.17, 15) is 15.0 Å². The molecule has 1 amide bonds. The number of hydrogen-bond donors (Lipinski definition) is 3. The summed E-state index contributed by atoms with van der Waals surface area (Å²) in [5.74, 6) is 1.39. The molecular formula is C27H34ClIN4O5. The lowest BCUT2D eigenvalue weighted by Gasteiger charge is -2.31. The van der Waals surface area contributed by atoms with Crippen LogP contribution in [0.25, 0.3) is 22.8 Å². The second-order valence-corrected chi connectivity index (χ2v) is 9.53. The van der Waals surface area contributed by atoms with Gasteiger partial charge in [-0.25, -0.2) is 0 Å². The van der Waals surface area contributed by atoms with Gasteiger partial charge >= 0.3 is 0 Å². The lowest BCUT2D eigenvalue weighted by molar-refractivity contribution is -0.131. The molecule has 2 heterocycles. The molecule has 1 aromatic heterocycles. The third-order valence-electron chi connectivity index (χ3n) is 6.23. The number of carbonyl (C=O) groups is 1. The van der Waals surface area contributed by atoms with Gasteiger partial charge in [0.05, 0.1) is 36.9 Å². The Labute approximate surface area is 241 Å². The van der Waals surface area contributed by atoms with Crippen molar-refractivity contribution in [2.75, 3.05) is 31.2 Å². The Bertz CT molecular complexity index is 1230. The van der Waals surface area contributed by atoms with Gasteiger partial charge < -0.3 is 29.7 Å². The van der Waals surface area contributed by atoms with Crippen LogP contribution in [0.3, 0.4) is 0 Å². The van der Waals surface area contributed by atoms with Crippen molar-refractivity contribution in [1.29, 1.82) is 0 Å². The van der Waals surface area contributed by atoms with Crippen LogP contribution in [-0.4, -0.2) is 74.5 Å². The molecule has 0 unspecified atom stereocenters. The van der Waals surface area contributed by atoms with Crippen LogP contribution in [0.2, 0.25) is 5.02 Å². The van der Waals surface area contributed by atoms with Gasteiger partial charge in [-0.1, -0.05) is 51.5 Å². The maximum absolute atomic E-state index is 12.6. The second kappa shape index (κ2) is 14.2. The van der Waals surface area contributed by atoms with Crippen molar-refractivity contribution in [3.05, 3.63) is 52.0 Å². The summed E-state index contributed by atoms with van der Waals surface area (Å²) in [6, 6.07) is 8.83. The fraction of sp³-hybridized carbons (Fsp3) is 0.444. The number of nitrogens with one attached hydrogen (secondary N) is 1. The summed E-state index contributed by atoms with van der Waals surface area (Å²) in [6.45, 7) is 6.61. The van der Waals surface area contributed by atoms with Crippen molar-refractivity contribution in [3.8, 4) is 28.6 Å². The summed E-state index contributed by atoms with van der Waals surface area (Å²) < 4.78 is 11.2. The minimum Gasteiger partial charge on any atom is -0.489 e. The first-order valence-electron chi connectivity index (χ1n) is 12.3. The molecule has 0 atom stereocenters. The highest BCUT2D eigenvalue weighted by molar-refractivity contribution is 14.1. The van der Waals surface area contributed by atoms with Gasteiger partial charge in [-0.3, -0.25) is 4.79 Å². The van der Waals surface area contributed by atoms with Gasteiger partial charge in [0.15, 0.2) is 0 Å². The molecule has 38 heavy (non-hydrogen) atoms. The molecule has 0 bridgehead atoms. The number of fused-ring (bicyclic) bond motifs is 1. The molecule has 0 aliphatic carbocycles. The van der Waals surface area contributed by atoms with Crippen LogP contribution >= 0.6 is 34.2 Å². The molecule has 11 heteroatoms. The molecular weight excluding hydrogens is 623 g/mol. The van der Waals surface area contributed by atoms with E-state index in [2.05, 4.69) is 38.0 Å². The van der Waals surface area contributed by atoms with E-state index in [4.69, 9.17) is 20.9 Å². The number of nitrogens with zero attached hydrogens (tertiary/aromatic N) is 3. The molecule has 3 N–H and O–H groups in total. The fourth-order valence-electron chi connectivity index (χ4n) is 4.26. The maximum Gasteiger partial charge on any atom is 0.258 e. The standard InChI is InChI=1S/C26H31ClN4O5.CH3I/c1-15(2)35-23-7-5-17(10-22(23)27)26-29-25(30-36-26)21-6-4-18-12-31(9-8-20(18)16(21)3)24(34)11-28-19(13-32)14-33;1-2/h4-7,10,15,19,28,32-33H,8-9,11-14H2,1-3H3;1H3. The quantitative estimate of drug-likeness (QED) is 0.233. The van der Waals surface area contributed by atoms with Crippen LogP contribution in [0, 0.1) is 6.92 Å². The number of aliphatic hydroxyl groups excluding tert-OH is 2. The van der Waals surface area contributed by atoms with E-state index in [1.54, 1.807) is 17.0 Å². The second-order valence-electron chi connectivity index (χ2n) is 9.12. The largest absolute Gasteiger partial charge is 0.489 e. The number of aliphatic hydroxyl groups is 2. The molecule has 3 aromatic rings. The summed E-state index contributed by atoms with van der Waals surface area (Å²) in [7, 11) is 0. The summed E-state index contributed by atoms with van der Waals surface area (Å²) in [5, 5.41) is 25.9. The average molecular weight is 657 g/mol. The van der Waals surface area contributed by atoms with E-state index >= 15 is 0 Å². The Morgan fingerprint density at radius 2 is 1.97 bits per heavy atom. The zero-order chi connectivity index (χ0) is 27.8. The van der Waals surface area contributed by atoms with Gasteiger partial charge in [0.25, 0.3) is 5.89 Å². The third kappa shape index (κ3) is 7.23. The lowest BCUT2D eigenvalue weighted by atomic mass is 9.91. The Hall–Kier alpha value is -2.25. The summed E-state index contributed by atoms with van der Waals surface area (Å²) in [6.07, 6.45) is 0.726. The molecule has 0 radical (unpaired) electrons. The molecule has 0 saturated carbocycles. The van der Waals surface area contributed by atoms with Gasteiger partial charge in [-0.15, -0.1) is 0 Å². The van der Waals surface area contributed by atoms with Crippen LogP contribution in [0.5, 0.6) is 5.75 Å². The SMILES string of the molecule is CI.Cc1c(-c2noc(-c3ccc(OC(C)C)c(Cl)c3)n2)ccc2c1CCN(C(=O)CNC(CO)CO)C2. The smallest absolute Gasteiger partial charge is 0.258 e. The average Bonchev–Trinajstić information content (AvgIpc) is 3.41. The molecule has 0 spiro atoms. The number of alkyl halides is 1. The summed E-state index contributed by atoms with van der Waals surface area (Å²) in [5.41, 5.74) is 4.90. The van der Waals surface area contributed by atoms with Gasteiger partial charge in [0, 0.05) is 24.2 Å². The molecule has 9 nitrogen and oxygen atoms in total. The first-order valence-corrected chi connectivity index (χ1v) is 14.9. The normalized spacial score (nSPS) is 12.8. The number of aromatic nitrogens is 2. The van der Waals surface area contributed by atoms with Crippen LogP contribution in [-0.2, 0) is 17.8 Å². The highest BCUT2D eigenvalue weighted by atomic mass is 127. The van der Waals surface area contributed by atoms with Gasteiger partial charge in [-0.05, 0) is 67.0 Å². The highest BCUT2D eigenvalue weighted by Gasteiger charge is 2.24. The number of amides is 1. The van der Waals surface area contributed by atoms with Crippen molar-refractivity contribution in [2.24, 2.45) is 0 Å². The minimum atomic E-state index is -0.502. The Morgan fingerprint density at radius 3 is 2.63 bits per heavy atom. The number of rotatable bonds is 9. The summed E-state index contributed by atoms with van der Waals surface area (Å²) in [4.78, 5) is 21.0. The van der Waals surface area contributed by atoms with E-state index in [1.807, 2.05) is 43.9 Å². The number of benzene rings is 2. The fourth-order valence-corrected chi connectivity index (χ4v) is 4.48. The first kappa shape index (κ1) is 30.3. The van der Waals surface area contributed by atoms with Crippen LogP contribution in [0.15, 0.2) is 34.9 Å². The first-order chi connectivity index (χ1) is 18.3. The number of hydrogen-bond acceptors (Lipinski definition) is 8. The maximum atomic E-state index is 12.6. The van der Waals surface area contributed by atoms with E-state index in [-0.39, 0.29) is 31.8 Å². The van der Waals surface area contributed by atoms with E-state index < -0.39 is 6.04 Å². The van der Waals surface area contributed by atoms with Crippen LogP contribution < -0.4 is 10.1 Å². The topological polar surface area (TPSA) is 121 Å². The van der Waals surface area contributed by atoms with Crippen molar-refractivity contribution in [3.63, 3.8) is 0 Å². The van der Waals surface area contributed by atoms with E-state index in [0.29, 0.717) is 47.6 Å². The van der Waals surface area contributed by atoms with Gasteiger partial charge in [0.1, 0.15) is 5.75 Å². The van der Waals surface area contributed by atoms with Crippen LogP contribution in [0.4, 0.5) is 0 Å². The molecule has 206 valence electrons. The van der Waals surface area contributed by atoms with E-state index in [1.165, 1.54) is 5.56 Å². The highest BCUT2D eigenvalue weighted by Crippen LogP contribution is 2.33. The van der Waals surface area contributed by atoms with Crippen molar-refractivity contribution in [1.82, 2.24) is 20.4 Å². The molecule has 0 fully saturated rings. The van der Waals surface area contributed by atoms with Crippen LogP contribution in [0.1, 0.15) is 30.5 Å². The molecule has 0 saturated heterocycles. The Kier molecular flexibility index (Phi) is 11.3. The number of ether oxygens (including phenoxy) is 1. The third-order valence-corrected chi connectivity index (χ3v) is 6.53. The molecule has 1 aliphatic rings. The Balaban J connectivity index is 0.00000195. The van der Waals surface area contributed by atoms with Gasteiger partial charge in [-0.2, -0.15) is 4.98 Å². The minimum absolute atomic E-state index is 0.0158. The summed E-state index contributed by atoms with van der Waals surface area (Å²) >= 11 is 8.52.